The van der Waals surface area contributed by atoms with Crippen molar-refractivity contribution in [2.24, 2.45) is 17.6 Å². The molecule has 2 rings (SSSR count). The van der Waals surface area contributed by atoms with E-state index in [0.29, 0.717) is 6.10 Å². The quantitative estimate of drug-likeness (QED) is 0.879. The topological polar surface area (TPSA) is 35.2 Å². The lowest BCUT2D eigenvalue weighted by Gasteiger charge is -2.31. The van der Waals surface area contributed by atoms with E-state index in [2.05, 4.69) is 26.0 Å². The van der Waals surface area contributed by atoms with Crippen molar-refractivity contribution in [2.75, 3.05) is 0 Å². The van der Waals surface area contributed by atoms with Crippen molar-refractivity contribution < 1.29 is 4.74 Å². The van der Waals surface area contributed by atoms with Crippen LogP contribution in [0.3, 0.4) is 0 Å². The van der Waals surface area contributed by atoms with Crippen molar-refractivity contribution in [1.29, 1.82) is 0 Å². The smallest absolute Gasteiger partial charge is 0.120 e. The van der Waals surface area contributed by atoms with Gasteiger partial charge in [0, 0.05) is 6.04 Å². The summed E-state index contributed by atoms with van der Waals surface area (Å²) in [6, 6.07) is 8.27. The second kappa shape index (κ2) is 5.75. The van der Waals surface area contributed by atoms with Gasteiger partial charge in [0.2, 0.25) is 0 Å². The molecular weight excluding hydrogens is 222 g/mol. The van der Waals surface area contributed by atoms with E-state index < -0.39 is 0 Å². The average molecular weight is 247 g/mol. The lowest BCUT2D eigenvalue weighted by molar-refractivity contribution is 0.101. The van der Waals surface area contributed by atoms with E-state index in [4.69, 9.17) is 10.5 Å². The molecule has 1 aliphatic carbocycles. The molecule has 0 spiro atoms. The molecule has 1 aliphatic rings. The highest BCUT2D eigenvalue weighted by Gasteiger charge is 2.25. The van der Waals surface area contributed by atoms with E-state index in [1.165, 1.54) is 19.3 Å². The van der Waals surface area contributed by atoms with Gasteiger partial charge >= 0.3 is 0 Å². The maximum absolute atomic E-state index is 6.13. The van der Waals surface area contributed by atoms with E-state index in [-0.39, 0.29) is 6.04 Å². The van der Waals surface area contributed by atoms with Gasteiger partial charge < -0.3 is 10.5 Å². The first-order valence-corrected chi connectivity index (χ1v) is 7.06. The second-order valence-corrected chi connectivity index (χ2v) is 6.02. The van der Waals surface area contributed by atoms with Crippen LogP contribution < -0.4 is 10.5 Å². The van der Waals surface area contributed by atoms with Gasteiger partial charge in [-0.2, -0.15) is 0 Å². The Hall–Kier alpha value is -1.02. The third-order valence-corrected chi connectivity index (χ3v) is 3.82. The molecule has 1 fully saturated rings. The fourth-order valence-corrected chi connectivity index (χ4v) is 3.03. The van der Waals surface area contributed by atoms with Crippen molar-refractivity contribution in [3.63, 3.8) is 0 Å². The number of benzene rings is 1. The van der Waals surface area contributed by atoms with Gasteiger partial charge in [0.25, 0.3) is 0 Å². The van der Waals surface area contributed by atoms with E-state index in [1.807, 2.05) is 19.1 Å². The highest BCUT2D eigenvalue weighted by atomic mass is 16.5. The van der Waals surface area contributed by atoms with Crippen molar-refractivity contribution in [1.82, 2.24) is 0 Å². The Morgan fingerprint density at radius 2 is 1.83 bits per heavy atom. The standard InChI is InChI=1S/C16H25NO/c1-11-7-12(2)9-16(8-11)18-15-6-4-5-14(10-15)13(3)17/h4-6,10-13,16H,7-9,17H2,1-3H3/t11?,12?,13-,16?/m1/s1. The van der Waals surface area contributed by atoms with Crippen LogP contribution in [0, 0.1) is 11.8 Å². The molecule has 0 bridgehead atoms. The normalized spacial score (nSPS) is 29.9. The highest BCUT2D eigenvalue weighted by molar-refractivity contribution is 5.30. The molecule has 1 aromatic carbocycles. The Morgan fingerprint density at radius 1 is 1.17 bits per heavy atom. The monoisotopic (exact) mass is 247 g/mol. The fraction of sp³-hybridized carbons (Fsp3) is 0.625. The Labute approximate surface area is 111 Å². The first kappa shape index (κ1) is 13.4. The zero-order valence-corrected chi connectivity index (χ0v) is 11.7. The molecule has 0 amide bonds. The van der Waals surface area contributed by atoms with Gasteiger partial charge in [0.05, 0.1) is 6.10 Å². The van der Waals surface area contributed by atoms with E-state index in [1.54, 1.807) is 0 Å². The summed E-state index contributed by atoms with van der Waals surface area (Å²) in [6.45, 7) is 6.65. The minimum atomic E-state index is 0.0674. The van der Waals surface area contributed by atoms with Crippen LogP contribution in [0.1, 0.15) is 51.6 Å². The molecule has 0 aromatic heterocycles. The minimum Gasteiger partial charge on any atom is -0.490 e. The second-order valence-electron chi connectivity index (χ2n) is 6.02. The molecule has 2 N–H and O–H groups in total. The van der Waals surface area contributed by atoms with Crippen LogP contribution in [0.2, 0.25) is 0 Å². The third-order valence-electron chi connectivity index (χ3n) is 3.82. The predicted octanol–water partition coefficient (Wildman–Crippen LogP) is 3.91. The molecule has 0 heterocycles. The summed E-state index contributed by atoms with van der Waals surface area (Å²) in [5.41, 5.74) is 7.05. The van der Waals surface area contributed by atoms with Crippen molar-refractivity contribution in [3.05, 3.63) is 29.8 Å². The molecule has 0 aliphatic heterocycles. The van der Waals surface area contributed by atoms with Gasteiger partial charge in [-0.3, -0.25) is 0 Å². The molecule has 0 radical (unpaired) electrons. The molecule has 1 saturated carbocycles. The minimum absolute atomic E-state index is 0.0674. The predicted molar refractivity (Wildman–Crippen MR) is 75.6 cm³/mol. The largest absolute Gasteiger partial charge is 0.490 e. The number of ether oxygens (including phenoxy) is 1. The summed E-state index contributed by atoms with van der Waals surface area (Å²) in [5, 5.41) is 0. The van der Waals surface area contributed by atoms with Gasteiger partial charge in [0.1, 0.15) is 5.75 Å². The molecule has 2 unspecified atom stereocenters. The molecule has 2 heteroatoms. The Morgan fingerprint density at radius 3 is 2.44 bits per heavy atom. The van der Waals surface area contributed by atoms with Gasteiger partial charge in [-0.25, -0.2) is 0 Å². The molecule has 18 heavy (non-hydrogen) atoms. The first-order chi connectivity index (χ1) is 8.54. The Balaban J connectivity index is 2.02. The fourth-order valence-electron chi connectivity index (χ4n) is 3.03. The lowest BCUT2D eigenvalue weighted by atomic mass is 9.82. The van der Waals surface area contributed by atoms with Gasteiger partial charge in [-0.1, -0.05) is 26.0 Å². The van der Waals surface area contributed by atoms with E-state index in [0.717, 1.165) is 23.1 Å². The zero-order valence-electron chi connectivity index (χ0n) is 11.7. The molecule has 100 valence electrons. The highest BCUT2D eigenvalue weighted by Crippen LogP contribution is 2.31. The van der Waals surface area contributed by atoms with Crippen LogP contribution in [-0.2, 0) is 0 Å². The van der Waals surface area contributed by atoms with Crippen molar-refractivity contribution in [2.45, 2.75) is 52.2 Å². The van der Waals surface area contributed by atoms with Gasteiger partial charge in [-0.15, -0.1) is 0 Å². The van der Waals surface area contributed by atoms with Crippen molar-refractivity contribution >= 4 is 0 Å². The van der Waals surface area contributed by atoms with Crippen LogP contribution >= 0.6 is 0 Å². The first-order valence-electron chi connectivity index (χ1n) is 7.06. The van der Waals surface area contributed by atoms with E-state index >= 15 is 0 Å². The number of hydrogen-bond acceptors (Lipinski definition) is 2. The summed E-state index contributed by atoms with van der Waals surface area (Å²) < 4.78 is 6.13. The summed E-state index contributed by atoms with van der Waals surface area (Å²) >= 11 is 0. The molecule has 3 atom stereocenters. The van der Waals surface area contributed by atoms with Crippen LogP contribution in [0.15, 0.2) is 24.3 Å². The number of nitrogens with two attached hydrogens (primary N) is 1. The van der Waals surface area contributed by atoms with Crippen LogP contribution in [0.25, 0.3) is 0 Å². The summed E-state index contributed by atoms with van der Waals surface area (Å²) in [6.07, 6.45) is 4.05. The van der Waals surface area contributed by atoms with E-state index in [9.17, 15) is 0 Å². The van der Waals surface area contributed by atoms with Gasteiger partial charge in [0.15, 0.2) is 0 Å². The summed E-state index contributed by atoms with van der Waals surface area (Å²) in [7, 11) is 0. The number of hydrogen-bond donors (Lipinski definition) is 1. The summed E-state index contributed by atoms with van der Waals surface area (Å²) in [5.74, 6) is 2.52. The summed E-state index contributed by atoms with van der Waals surface area (Å²) in [4.78, 5) is 0. The Kier molecular flexibility index (Phi) is 4.28. The number of rotatable bonds is 3. The SMILES string of the molecule is CC1CC(C)CC(Oc2cccc([C@@H](C)N)c2)C1. The van der Waals surface area contributed by atoms with Crippen LogP contribution in [0.5, 0.6) is 5.75 Å². The van der Waals surface area contributed by atoms with Crippen LogP contribution in [-0.4, -0.2) is 6.10 Å². The Bertz CT molecular complexity index is 378. The molecular formula is C16H25NO. The lowest BCUT2D eigenvalue weighted by Crippen LogP contribution is -2.28. The maximum Gasteiger partial charge on any atom is 0.120 e. The molecule has 0 saturated heterocycles. The molecule has 1 aromatic rings. The van der Waals surface area contributed by atoms with Crippen LogP contribution in [0.4, 0.5) is 0 Å². The van der Waals surface area contributed by atoms with Crippen molar-refractivity contribution in [3.8, 4) is 5.75 Å². The molecule has 2 nitrogen and oxygen atoms in total. The maximum atomic E-state index is 6.13. The van der Waals surface area contributed by atoms with Gasteiger partial charge in [-0.05, 0) is 55.7 Å². The zero-order chi connectivity index (χ0) is 13.1. The average Bonchev–Trinajstić information content (AvgIpc) is 2.27. The third kappa shape index (κ3) is 3.49.